The van der Waals surface area contributed by atoms with Crippen LogP contribution in [-0.4, -0.2) is 9.55 Å². The molecule has 3 rings (SSSR count). The maximum atomic E-state index is 4.92. The third-order valence-electron chi connectivity index (χ3n) is 5.01. The molecule has 2 atom stereocenters. The zero-order valence-electron chi connectivity index (χ0n) is 12.3. The van der Waals surface area contributed by atoms with Crippen LogP contribution in [0.4, 0.5) is 0 Å². The third-order valence-corrected chi connectivity index (χ3v) is 5.01. The molecule has 2 unspecified atom stereocenters. The molecule has 2 heterocycles. The molecule has 100 valence electrons. The van der Waals surface area contributed by atoms with E-state index >= 15 is 0 Å². The zero-order valence-corrected chi connectivity index (χ0v) is 12.3. The van der Waals surface area contributed by atoms with Crippen LogP contribution in [0, 0.1) is 17.3 Å². The molecule has 1 aliphatic heterocycles. The molecule has 0 aromatic carbocycles. The maximum Gasteiger partial charge on any atom is 0.109 e. The van der Waals surface area contributed by atoms with Crippen LogP contribution in [0.1, 0.15) is 57.7 Å². The Morgan fingerprint density at radius 2 is 1.94 bits per heavy atom. The van der Waals surface area contributed by atoms with E-state index in [1.54, 1.807) is 5.69 Å². The summed E-state index contributed by atoms with van der Waals surface area (Å²) in [7, 11) is 0. The van der Waals surface area contributed by atoms with Crippen LogP contribution in [0.15, 0.2) is 0 Å². The Balaban J connectivity index is 1.92. The summed E-state index contributed by atoms with van der Waals surface area (Å²) in [5.74, 6) is 3.01. The van der Waals surface area contributed by atoms with Crippen molar-refractivity contribution in [2.24, 2.45) is 17.3 Å². The predicted octanol–water partition coefficient (Wildman–Crippen LogP) is 3.62. The number of fused-ring (bicyclic) bond motifs is 3. The molecule has 0 radical (unpaired) electrons. The molecule has 0 saturated heterocycles. The van der Waals surface area contributed by atoms with Crippen LogP contribution in [0.3, 0.4) is 0 Å². The van der Waals surface area contributed by atoms with Crippen LogP contribution in [0.25, 0.3) is 0 Å². The summed E-state index contributed by atoms with van der Waals surface area (Å²) in [6.45, 7) is 10.7. The number of aryl methyl sites for hydroxylation is 1. The van der Waals surface area contributed by atoms with Gasteiger partial charge < -0.3 is 4.57 Å². The lowest BCUT2D eigenvalue weighted by atomic mass is 9.72. The number of imidazole rings is 1. The predicted molar refractivity (Wildman–Crippen MR) is 74.7 cm³/mol. The lowest BCUT2D eigenvalue weighted by Crippen LogP contribution is -2.28. The van der Waals surface area contributed by atoms with E-state index in [9.17, 15) is 0 Å². The Hall–Kier alpha value is -0.790. The summed E-state index contributed by atoms with van der Waals surface area (Å²) in [5.41, 5.74) is 3.42. The van der Waals surface area contributed by atoms with Crippen molar-refractivity contribution in [3.05, 3.63) is 17.2 Å². The number of hydrogen-bond acceptors (Lipinski definition) is 1. The Labute approximate surface area is 111 Å². The monoisotopic (exact) mass is 246 g/mol. The van der Waals surface area contributed by atoms with Gasteiger partial charge in [0.2, 0.25) is 0 Å². The van der Waals surface area contributed by atoms with Crippen molar-refractivity contribution in [3.63, 3.8) is 0 Å². The summed E-state index contributed by atoms with van der Waals surface area (Å²) >= 11 is 0. The van der Waals surface area contributed by atoms with Crippen molar-refractivity contribution in [1.82, 2.24) is 9.55 Å². The highest BCUT2D eigenvalue weighted by Gasteiger charge is 2.33. The molecule has 2 heteroatoms. The molecule has 2 nitrogen and oxygen atoms in total. The lowest BCUT2D eigenvalue weighted by molar-refractivity contribution is 0.210. The molecular formula is C16H26N2. The molecule has 0 amide bonds. The molecule has 0 N–H and O–H groups in total. The van der Waals surface area contributed by atoms with E-state index in [0.29, 0.717) is 5.41 Å². The van der Waals surface area contributed by atoms with E-state index in [4.69, 9.17) is 4.98 Å². The fourth-order valence-corrected chi connectivity index (χ4v) is 3.59. The van der Waals surface area contributed by atoms with Gasteiger partial charge in [0, 0.05) is 18.7 Å². The molecule has 0 spiro atoms. The molecule has 1 aromatic heterocycles. The quantitative estimate of drug-likeness (QED) is 0.683. The topological polar surface area (TPSA) is 17.8 Å². The van der Waals surface area contributed by atoms with Crippen LogP contribution < -0.4 is 0 Å². The van der Waals surface area contributed by atoms with E-state index in [1.165, 1.54) is 50.2 Å². The Bertz CT molecular complexity index is 450. The first-order chi connectivity index (χ1) is 8.45. The molecule has 2 aliphatic rings. The Kier molecular flexibility index (Phi) is 2.80. The smallest absolute Gasteiger partial charge is 0.109 e. The lowest BCUT2D eigenvalue weighted by Gasteiger charge is -2.34. The highest BCUT2D eigenvalue weighted by molar-refractivity contribution is 5.23. The van der Waals surface area contributed by atoms with Gasteiger partial charge in [0.05, 0.1) is 5.69 Å². The van der Waals surface area contributed by atoms with E-state index in [0.717, 1.165) is 11.8 Å². The van der Waals surface area contributed by atoms with Gasteiger partial charge in [-0.2, -0.15) is 0 Å². The van der Waals surface area contributed by atoms with Gasteiger partial charge in [0.15, 0.2) is 0 Å². The summed E-state index contributed by atoms with van der Waals surface area (Å²) in [6, 6.07) is 0. The van der Waals surface area contributed by atoms with Crippen molar-refractivity contribution in [1.29, 1.82) is 0 Å². The van der Waals surface area contributed by atoms with Gasteiger partial charge in [-0.25, -0.2) is 4.98 Å². The summed E-state index contributed by atoms with van der Waals surface area (Å²) in [6.07, 6.45) is 6.29. The van der Waals surface area contributed by atoms with E-state index in [-0.39, 0.29) is 0 Å². The zero-order chi connectivity index (χ0) is 12.9. The van der Waals surface area contributed by atoms with Crippen LogP contribution >= 0.6 is 0 Å². The SMILES string of the molecule is CC1CCn2c(nc3c2CC(C(C)(C)C)CC3)C1. The molecular weight excluding hydrogens is 220 g/mol. The van der Waals surface area contributed by atoms with Gasteiger partial charge in [0.25, 0.3) is 0 Å². The molecule has 0 saturated carbocycles. The van der Waals surface area contributed by atoms with E-state index in [2.05, 4.69) is 32.3 Å². The molecule has 0 bridgehead atoms. The van der Waals surface area contributed by atoms with Crippen molar-refractivity contribution in [2.75, 3.05) is 0 Å². The Morgan fingerprint density at radius 1 is 1.17 bits per heavy atom. The highest BCUT2D eigenvalue weighted by atomic mass is 15.1. The second-order valence-electron chi connectivity index (χ2n) is 7.48. The van der Waals surface area contributed by atoms with Gasteiger partial charge in [-0.05, 0) is 42.9 Å². The summed E-state index contributed by atoms with van der Waals surface area (Å²) in [4.78, 5) is 4.92. The minimum Gasteiger partial charge on any atom is -0.332 e. The van der Waals surface area contributed by atoms with Crippen LogP contribution in [0.2, 0.25) is 0 Å². The molecule has 1 aromatic rings. The second-order valence-corrected chi connectivity index (χ2v) is 7.48. The highest BCUT2D eigenvalue weighted by Crippen LogP contribution is 2.38. The van der Waals surface area contributed by atoms with Crippen molar-refractivity contribution >= 4 is 0 Å². The fourth-order valence-electron chi connectivity index (χ4n) is 3.59. The van der Waals surface area contributed by atoms with Gasteiger partial charge in [-0.15, -0.1) is 0 Å². The number of aromatic nitrogens is 2. The average Bonchev–Trinajstić information content (AvgIpc) is 2.63. The van der Waals surface area contributed by atoms with Crippen molar-refractivity contribution in [2.45, 2.75) is 66.3 Å². The van der Waals surface area contributed by atoms with Gasteiger partial charge >= 0.3 is 0 Å². The van der Waals surface area contributed by atoms with E-state index < -0.39 is 0 Å². The first-order valence-electron chi connectivity index (χ1n) is 7.52. The minimum absolute atomic E-state index is 0.435. The fraction of sp³-hybridized carbons (Fsp3) is 0.812. The summed E-state index contributed by atoms with van der Waals surface area (Å²) in [5, 5.41) is 0. The van der Waals surface area contributed by atoms with Gasteiger partial charge in [0.1, 0.15) is 5.82 Å². The first kappa shape index (κ1) is 12.3. The summed E-state index contributed by atoms with van der Waals surface area (Å²) < 4.78 is 2.55. The largest absolute Gasteiger partial charge is 0.332 e. The van der Waals surface area contributed by atoms with Gasteiger partial charge in [-0.1, -0.05) is 27.7 Å². The minimum atomic E-state index is 0.435. The van der Waals surface area contributed by atoms with Crippen molar-refractivity contribution in [3.8, 4) is 0 Å². The van der Waals surface area contributed by atoms with Crippen LogP contribution in [0.5, 0.6) is 0 Å². The van der Waals surface area contributed by atoms with Crippen LogP contribution in [-0.2, 0) is 25.8 Å². The molecule has 1 aliphatic carbocycles. The Morgan fingerprint density at radius 3 is 2.67 bits per heavy atom. The standard InChI is InChI=1S/C16H26N2/c1-11-7-8-18-14-10-12(16(2,3)4)5-6-13(14)17-15(18)9-11/h11-12H,5-10H2,1-4H3. The second kappa shape index (κ2) is 4.11. The first-order valence-corrected chi connectivity index (χ1v) is 7.52. The number of nitrogens with zero attached hydrogens (tertiary/aromatic N) is 2. The molecule has 18 heavy (non-hydrogen) atoms. The number of hydrogen-bond donors (Lipinski definition) is 0. The molecule has 0 fully saturated rings. The van der Waals surface area contributed by atoms with Crippen molar-refractivity contribution < 1.29 is 0 Å². The van der Waals surface area contributed by atoms with E-state index in [1.807, 2.05) is 0 Å². The van der Waals surface area contributed by atoms with Gasteiger partial charge in [-0.3, -0.25) is 0 Å². The maximum absolute atomic E-state index is 4.92. The average molecular weight is 246 g/mol. The third kappa shape index (κ3) is 2.00. The normalized spacial score (nSPS) is 27.8. The number of rotatable bonds is 0.